The first kappa shape index (κ1) is 24.1. The third kappa shape index (κ3) is 5.38. The highest BCUT2D eigenvalue weighted by atomic mass is 19.4. The van der Waals surface area contributed by atoms with Gasteiger partial charge in [0.15, 0.2) is 11.4 Å². The lowest BCUT2D eigenvalue weighted by molar-refractivity contribution is -0.141. The van der Waals surface area contributed by atoms with Crippen LogP contribution in [0.15, 0.2) is 36.5 Å². The molecule has 0 aliphatic carbocycles. The quantitative estimate of drug-likeness (QED) is 0.412. The number of hydrogen-bond donors (Lipinski definition) is 2. The van der Waals surface area contributed by atoms with Crippen molar-refractivity contribution in [2.24, 2.45) is 0 Å². The van der Waals surface area contributed by atoms with Crippen molar-refractivity contribution in [3.05, 3.63) is 47.9 Å². The molecule has 1 atom stereocenters. The fraction of sp³-hybridized carbons (Fsp3) is 0.300. The fourth-order valence-corrected chi connectivity index (χ4v) is 3.24. The molecule has 15 heteroatoms. The van der Waals surface area contributed by atoms with Gasteiger partial charge in [-0.05, 0) is 24.3 Å². The molecule has 1 aliphatic heterocycles. The van der Waals surface area contributed by atoms with Crippen LogP contribution in [0.4, 0.5) is 43.9 Å². The number of nitrogens with zero attached hydrogens (tertiary/aromatic N) is 7. The second kappa shape index (κ2) is 8.62. The number of anilines is 3. The number of aliphatic hydroxyl groups is 1. The lowest BCUT2D eigenvalue weighted by atomic mass is 10.1. The first-order chi connectivity index (χ1) is 16.4. The van der Waals surface area contributed by atoms with Crippen LogP contribution in [0.5, 0.6) is 0 Å². The molecule has 1 aliphatic rings. The summed E-state index contributed by atoms with van der Waals surface area (Å²) < 4.78 is 78.5. The second-order valence-electron chi connectivity index (χ2n) is 7.56. The predicted octanol–water partition coefficient (Wildman–Crippen LogP) is 3.57. The zero-order chi connectivity index (χ0) is 25.4. The summed E-state index contributed by atoms with van der Waals surface area (Å²) >= 11 is 0. The minimum absolute atomic E-state index is 0.0500. The molecule has 3 aromatic heterocycles. The number of pyridine rings is 2. The Morgan fingerprint density at radius 2 is 1.74 bits per heavy atom. The van der Waals surface area contributed by atoms with E-state index in [1.807, 2.05) is 0 Å². The molecule has 0 radical (unpaired) electrons. The highest BCUT2D eigenvalue weighted by Crippen LogP contribution is 2.32. The van der Waals surface area contributed by atoms with Crippen molar-refractivity contribution in [2.75, 3.05) is 23.3 Å². The van der Waals surface area contributed by atoms with Crippen LogP contribution in [0, 0.1) is 11.3 Å². The van der Waals surface area contributed by atoms with Gasteiger partial charge in [-0.25, -0.2) is 4.98 Å². The summed E-state index contributed by atoms with van der Waals surface area (Å²) in [5.41, 5.74) is -4.44. The molecule has 4 rings (SSSR count). The van der Waals surface area contributed by atoms with Crippen LogP contribution >= 0.6 is 0 Å². The number of hydrogen-bond acceptors (Lipinski definition) is 9. The van der Waals surface area contributed by atoms with Gasteiger partial charge in [-0.15, -0.1) is 0 Å². The Hall–Kier alpha value is -4.06. The van der Waals surface area contributed by atoms with Crippen LogP contribution in [0.2, 0.25) is 0 Å². The van der Waals surface area contributed by atoms with Gasteiger partial charge in [0.2, 0.25) is 11.9 Å². The molecular weight excluding hydrogens is 482 g/mol. The van der Waals surface area contributed by atoms with Gasteiger partial charge >= 0.3 is 12.4 Å². The van der Waals surface area contributed by atoms with Crippen molar-refractivity contribution in [3.8, 4) is 17.6 Å². The van der Waals surface area contributed by atoms with Gasteiger partial charge in [-0.3, -0.25) is 4.98 Å². The van der Waals surface area contributed by atoms with E-state index in [0.717, 1.165) is 18.3 Å². The molecule has 1 fully saturated rings. The molecule has 0 bridgehead atoms. The smallest absolute Gasteiger partial charge is 0.373 e. The molecule has 0 saturated carbocycles. The van der Waals surface area contributed by atoms with Crippen LogP contribution in [0.25, 0.3) is 11.5 Å². The number of nitriles is 1. The molecule has 182 valence electrons. The molecule has 2 N–H and O–H groups in total. The Kier molecular flexibility index (Phi) is 5.93. The molecule has 35 heavy (non-hydrogen) atoms. The summed E-state index contributed by atoms with van der Waals surface area (Å²) in [5.74, 6) is -0.718. The highest BCUT2D eigenvalue weighted by molar-refractivity contribution is 5.59. The number of β-amino-alcohol motifs (C(OH)–C–C–N with tert-alkyl or cyclic N) is 1. The topological polar surface area (TPSA) is 124 Å². The SMILES string of the molecule is N#C[C@@]1(O)CCN(c2nc(Nc3ccnc(C(F)(F)F)c3)nc(-c3cccc(C(F)(F)F)n3)n2)C1. The van der Waals surface area contributed by atoms with Crippen molar-refractivity contribution in [1.82, 2.24) is 24.9 Å². The standard InChI is InChI=1S/C20H14F6N8O/c21-19(22,23)13-3-1-2-12(30-13)15-31-16(29-11-4-6-28-14(8-11)20(24,25)26)33-17(32-15)34-7-5-18(35,9-27)10-34/h1-4,6,8,35H,5,7,10H2,(H,28,29,31,32,33)/t18-/m0/s1. The van der Waals surface area contributed by atoms with E-state index in [1.165, 1.54) is 17.0 Å². The highest BCUT2D eigenvalue weighted by Gasteiger charge is 2.38. The maximum Gasteiger partial charge on any atom is 0.433 e. The van der Waals surface area contributed by atoms with E-state index < -0.39 is 29.3 Å². The molecule has 4 heterocycles. The van der Waals surface area contributed by atoms with Gasteiger partial charge in [0.25, 0.3) is 0 Å². The van der Waals surface area contributed by atoms with E-state index in [2.05, 4.69) is 30.2 Å². The Bertz CT molecular complexity index is 1290. The van der Waals surface area contributed by atoms with Gasteiger partial charge in [0.1, 0.15) is 17.1 Å². The Balaban J connectivity index is 1.76. The minimum atomic E-state index is -4.74. The minimum Gasteiger partial charge on any atom is -0.373 e. The maximum atomic E-state index is 13.1. The molecule has 0 unspecified atom stereocenters. The Morgan fingerprint density at radius 3 is 2.40 bits per heavy atom. The summed E-state index contributed by atoms with van der Waals surface area (Å²) in [6.45, 7) is -0.0632. The van der Waals surface area contributed by atoms with Crippen LogP contribution in [0.3, 0.4) is 0 Å². The third-order valence-corrected chi connectivity index (χ3v) is 4.94. The summed E-state index contributed by atoms with van der Waals surface area (Å²) in [7, 11) is 0. The van der Waals surface area contributed by atoms with E-state index >= 15 is 0 Å². The number of halogens is 6. The van der Waals surface area contributed by atoms with E-state index in [9.17, 15) is 31.4 Å². The van der Waals surface area contributed by atoms with E-state index in [-0.39, 0.29) is 48.6 Å². The molecule has 0 amide bonds. The summed E-state index contributed by atoms with van der Waals surface area (Å²) in [6.07, 6.45) is -8.49. The largest absolute Gasteiger partial charge is 0.433 e. The van der Waals surface area contributed by atoms with Crippen LogP contribution in [0.1, 0.15) is 17.8 Å². The van der Waals surface area contributed by atoms with Crippen molar-refractivity contribution < 1.29 is 31.4 Å². The number of aromatic nitrogens is 5. The molecule has 3 aromatic rings. The number of nitrogens with one attached hydrogen (secondary N) is 1. The lowest BCUT2D eigenvalue weighted by Gasteiger charge is -2.19. The van der Waals surface area contributed by atoms with Crippen molar-refractivity contribution in [1.29, 1.82) is 5.26 Å². The number of rotatable bonds is 4. The third-order valence-electron chi connectivity index (χ3n) is 4.94. The summed E-state index contributed by atoms with van der Waals surface area (Å²) in [4.78, 5) is 20.5. The summed E-state index contributed by atoms with van der Waals surface area (Å²) in [6, 6.07) is 6.76. The fourth-order valence-electron chi connectivity index (χ4n) is 3.24. The van der Waals surface area contributed by atoms with Gasteiger partial charge < -0.3 is 15.3 Å². The van der Waals surface area contributed by atoms with Gasteiger partial charge in [-0.2, -0.15) is 46.6 Å². The van der Waals surface area contributed by atoms with Crippen LogP contribution in [-0.2, 0) is 12.4 Å². The summed E-state index contributed by atoms with van der Waals surface area (Å²) in [5, 5.41) is 21.9. The molecule has 1 saturated heterocycles. The molecule has 9 nitrogen and oxygen atoms in total. The first-order valence-corrected chi connectivity index (χ1v) is 9.86. The average molecular weight is 496 g/mol. The van der Waals surface area contributed by atoms with Gasteiger partial charge in [-0.1, -0.05) is 6.07 Å². The maximum absolute atomic E-state index is 13.1. The zero-order valence-corrected chi connectivity index (χ0v) is 17.4. The second-order valence-corrected chi connectivity index (χ2v) is 7.56. The monoisotopic (exact) mass is 496 g/mol. The predicted molar refractivity (Wildman–Crippen MR) is 108 cm³/mol. The van der Waals surface area contributed by atoms with Crippen molar-refractivity contribution in [2.45, 2.75) is 24.4 Å². The molecule has 0 aromatic carbocycles. The molecular formula is C20H14F6N8O. The Morgan fingerprint density at radius 1 is 1.00 bits per heavy atom. The normalized spacial score (nSPS) is 18.4. The van der Waals surface area contributed by atoms with Gasteiger partial charge in [0.05, 0.1) is 12.6 Å². The van der Waals surface area contributed by atoms with E-state index in [1.54, 1.807) is 6.07 Å². The van der Waals surface area contributed by atoms with Crippen molar-refractivity contribution >= 4 is 17.6 Å². The van der Waals surface area contributed by atoms with Crippen LogP contribution < -0.4 is 10.2 Å². The number of alkyl halides is 6. The Labute approximate surface area is 193 Å². The lowest BCUT2D eigenvalue weighted by Crippen LogP contribution is -2.32. The van der Waals surface area contributed by atoms with E-state index in [4.69, 9.17) is 5.26 Å². The average Bonchev–Trinajstić information content (AvgIpc) is 3.21. The van der Waals surface area contributed by atoms with Crippen molar-refractivity contribution in [3.63, 3.8) is 0 Å². The zero-order valence-electron chi connectivity index (χ0n) is 17.4. The first-order valence-electron chi connectivity index (χ1n) is 9.86. The van der Waals surface area contributed by atoms with Gasteiger partial charge in [0, 0.05) is 24.8 Å². The van der Waals surface area contributed by atoms with E-state index in [0.29, 0.717) is 6.07 Å². The van der Waals surface area contributed by atoms with Crippen LogP contribution in [-0.4, -0.2) is 48.7 Å². The molecule has 0 spiro atoms.